The van der Waals surface area contributed by atoms with Crippen LogP contribution in [0, 0.1) is 0 Å². The second kappa shape index (κ2) is 5.44. The van der Waals surface area contributed by atoms with Crippen LogP contribution in [0.5, 0.6) is 0 Å². The van der Waals surface area contributed by atoms with Crippen molar-refractivity contribution in [1.29, 1.82) is 0 Å². The zero-order valence-corrected chi connectivity index (χ0v) is 13.3. The molecule has 4 heteroatoms. The van der Waals surface area contributed by atoms with E-state index in [1.165, 1.54) is 5.57 Å². The van der Waals surface area contributed by atoms with E-state index in [2.05, 4.69) is 32.7 Å². The first-order valence-electron chi connectivity index (χ1n) is 4.21. The molecule has 0 nitrogen and oxygen atoms in total. The van der Waals surface area contributed by atoms with Crippen molar-refractivity contribution < 1.29 is 49.5 Å². The molecule has 0 saturated heterocycles. The summed E-state index contributed by atoms with van der Waals surface area (Å²) >= 11 is 1.57. The van der Waals surface area contributed by atoms with Crippen molar-refractivity contribution in [2.24, 2.45) is 0 Å². The first kappa shape index (κ1) is 15.1. The van der Waals surface area contributed by atoms with Gasteiger partial charge < -0.3 is 24.8 Å². The average Bonchev–Trinajstić information content (AvgIpc) is 2.43. The quantitative estimate of drug-likeness (QED) is 0.421. The molecule has 0 amide bonds. The number of hydrogen-bond donors (Lipinski definition) is 0. The van der Waals surface area contributed by atoms with E-state index in [1.807, 2.05) is 0 Å². The second-order valence-corrected chi connectivity index (χ2v) is 7.27. The van der Waals surface area contributed by atoms with Crippen LogP contribution in [0.4, 0.5) is 0 Å². The molecular formula is C10H12Cl2PZr. The molecule has 1 aliphatic heterocycles. The van der Waals surface area contributed by atoms with Gasteiger partial charge in [0.15, 0.2) is 0 Å². The zero-order valence-electron chi connectivity index (χ0n) is 8.44. The molecule has 2 aliphatic rings. The Hall–Kier alpha value is 1.11. The van der Waals surface area contributed by atoms with Gasteiger partial charge >= 0.3 is 90.7 Å². The molecule has 1 heterocycles. The zero-order chi connectivity index (χ0) is 8.88. The molecule has 2 rings (SSSR count). The monoisotopic (exact) mass is 323 g/mol. The average molecular weight is 325 g/mol. The topological polar surface area (TPSA) is 0 Å². The molecule has 0 fully saturated rings. The van der Waals surface area contributed by atoms with E-state index in [1.54, 1.807) is 38.9 Å². The number of allylic oxidation sites excluding steroid dienone is 6. The maximum Gasteiger partial charge on any atom is -1.00 e. The van der Waals surface area contributed by atoms with Gasteiger partial charge in [0.1, 0.15) is 0 Å². The molecule has 0 saturated carbocycles. The Balaban J connectivity index is 0.000000845. The van der Waals surface area contributed by atoms with E-state index < -0.39 is 0 Å². The summed E-state index contributed by atoms with van der Waals surface area (Å²) in [7, 11) is 0.121. The van der Waals surface area contributed by atoms with Gasteiger partial charge in [0.05, 0.1) is 0 Å². The largest absolute Gasteiger partial charge is 1.00 e. The molecule has 0 aromatic heterocycles. The second-order valence-electron chi connectivity index (χ2n) is 3.52. The standard InChI is InChI=1S/C10H12P.2ClH.Zr/c1-7-4-9-6-8(2)11(3)10(9)5-7;;;/h5-6,8H,1-3H3;2*1H;/q;;;+2/p-2. The normalized spacial score (nSPS) is 28.9. The summed E-state index contributed by atoms with van der Waals surface area (Å²) in [6.07, 6.45) is 4.88. The van der Waals surface area contributed by atoms with Crippen LogP contribution in [0.1, 0.15) is 13.8 Å². The predicted molar refractivity (Wildman–Crippen MR) is 51.2 cm³/mol. The first-order valence-corrected chi connectivity index (χ1v) is 7.29. The fourth-order valence-corrected chi connectivity index (χ4v) is 4.48. The van der Waals surface area contributed by atoms with E-state index in [-0.39, 0.29) is 32.7 Å². The molecule has 1 aliphatic carbocycles. The maximum atomic E-state index is 2.47. The van der Waals surface area contributed by atoms with Gasteiger partial charge in [0, 0.05) is 0 Å². The van der Waals surface area contributed by atoms with E-state index in [9.17, 15) is 0 Å². The Morgan fingerprint density at radius 1 is 1.36 bits per heavy atom. The summed E-state index contributed by atoms with van der Waals surface area (Å²) < 4.78 is 1.59. The van der Waals surface area contributed by atoms with Gasteiger partial charge in [-0.3, -0.25) is 0 Å². The van der Waals surface area contributed by atoms with Gasteiger partial charge in [-0.05, 0) is 0 Å². The molecule has 2 unspecified atom stereocenters. The van der Waals surface area contributed by atoms with Crippen LogP contribution >= 0.6 is 7.92 Å². The van der Waals surface area contributed by atoms with Crippen molar-refractivity contribution in [2.75, 3.05) is 6.66 Å². The maximum absolute atomic E-state index is 2.47. The van der Waals surface area contributed by atoms with Gasteiger partial charge in [0.25, 0.3) is 0 Å². The van der Waals surface area contributed by atoms with Gasteiger partial charge in [0.2, 0.25) is 0 Å². The molecule has 0 radical (unpaired) electrons. The number of hydrogen-bond acceptors (Lipinski definition) is 0. The molecule has 0 bridgehead atoms. The smallest absolute Gasteiger partial charge is 1.00 e. The molecule has 0 aromatic rings. The third-order valence-electron chi connectivity index (χ3n) is 2.69. The minimum Gasteiger partial charge on any atom is -1.00 e. The number of fused-ring (bicyclic) bond motifs is 1. The minimum absolute atomic E-state index is 0. The number of halogens is 2. The third kappa shape index (κ3) is 2.27. The van der Waals surface area contributed by atoms with Crippen LogP contribution in [-0.4, -0.2) is 12.3 Å². The summed E-state index contributed by atoms with van der Waals surface area (Å²) in [4.78, 5) is 0. The van der Waals surface area contributed by atoms with Crippen molar-refractivity contribution in [3.63, 3.8) is 0 Å². The number of rotatable bonds is 0. The summed E-state index contributed by atoms with van der Waals surface area (Å²) in [5, 5.41) is 1.65. The Morgan fingerprint density at radius 3 is 2.43 bits per heavy atom. The van der Waals surface area contributed by atoms with Crippen molar-refractivity contribution in [1.82, 2.24) is 0 Å². The Kier molecular flexibility index (Phi) is 5.88. The predicted octanol–water partition coefficient (Wildman–Crippen LogP) is -2.85. The fourth-order valence-electron chi connectivity index (χ4n) is 1.73. The fraction of sp³-hybridized carbons (Fsp3) is 0.400. The van der Waals surface area contributed by atoms with Crippen LogP contribution < -0.4 is 24.8 Å². The van der Waals surface area contributed by atoms with Crippen molar-refractivity contribution in [3.8, 4) is 0 Å². The molecule has 2 atom stereocenters. The van der Waals surface area contributed by atoms with Crippen molar-refractivity contribution in [2.45, 2.75) is 19.5 Å². The molecule has 14 heavy (non-hydrogen) atoms. The Morgan fingerprint density at radius 2 is 1.93 bits per heavy atom. The van der Waals surface area contributed by atoms with Gasteiger partial charge in [-0.1, -0.05) is 0 Å². The molecule has 0 spiro atoms. The van der Waals surface area contributed by atoms with Crippen molar-refractivity contribution >= 4 is 7.92 Å². The van der Waals surface area contributed by atoms with Gasteiger partial charge in [-0.2, -0.15) is 0 Å². The van der Waals surface area contributed by atoms with E-state index in [4.69, 9.17) is 0 Å². The van der Waals surface area contributed by atoms with Crippen LogP contribution in [0.2, 0.25) is 0 Å². The summed E-state index contributed by atoms with van der Waals surface area (Å²) in [5.74, 6) is 0. The van der Waals surface area contributed by atoms with Gasteiger partial charge in [-0.15, -0.1) is 0 Å². The third-order valence-corrected chi connectivity index (χ3v) is 6.82. The SMILES string of the molecule is CC1=[C]([Zr+2])C2=CC(C)P(C)C2=C1.[Cl-].[Cl-]. The van der Waals surface area contributed by atoms with Crippen LogP contribution in [0.3, 0.4) is 0 Å². The van der Waals surface area contributed by atoms with Gasteiger partial charge in [-0.25, -0.2) is 0 Å². The van der Waals surface area contributed by atoms with Crippen LogP contribution in [0.15, 0.2) is 31.9 Å². The van der Waals surface area contributed by atoms with E-state index >= 15 is 0 Å². The van der Waals surface area contributed by atoms with Crippen LogP contribution in [0.25, 0.3) is 0 Å². The minimum atomic E-state index is 0. The summed E-state index contributed by atoms with van der Waals surface area (Å²) in [6, 6.07) is 0. The van der Waals surface area contributed by atoms with Crippen molar-refractivity contribution in [3.05, 3.63) is 31.9 Å². The molecule has 0 N–H and O–H groups in total. The molecule has 75 valence electrons. The summed E-state index contributed by atoms with van der Waals surface area (Å²) in [5.41, 5.74) is 3.91. The Labute approximate surface area is 115 Å². The molecular weight excluding hydrogens is 313 g/mol. The van der Waals surface area contributed by atoms with E-state index in [0.717, 1.165) is 5.66 Å². The first-order chi connectivity index (χ1) is 5.61. The Bertz CT molecular complexity index is 327. The van der Waals surface area contributed by atoms with Crippen LogP contribution in [-0.2, 0) is 24.7 Å². The summed E-state index contributed by atoms with van der Waals surface area (Å²) in [6.45, 7) is 6.98. The van der Waals surface area contributed by atoms with E-state index in [0.29, 0.717) is 0 Å². The molecule has 0 aromatic carbocycles.